The Hall–Kier alpha value is -4.20. The Morgan fingerprint density at radius 2 is 1.82 bits per heavy atom. The fourth-order valence-electron chi connectivity index (χ4n) is 4.00. The number of Topliss-reactive ketones (excluding diaryl/α,β-unsaturated/α-hetero) is 1. The Morgan fingerprint density at radius 1 is 1.03 bits per heavy atom. The fraction of sp³-hybridized carbons (Fsp3) is 0.231. The van der Waals surface area contributed by atoms with Gasteiger partial charge in [-0.05, 0) is 56.3 Å². The van der Waals surface area contributed by atoms with Crippen LogP contribution in [-0.2, 0) is 9.59 Å². The van der Waals surface area contributed by atoms with Crippen LogP contribution in [0.3, 0.4) is 0 Å². The SMILES string of the molecule is CCOc1cccc(N2C(=O)C(=O)/C(=C(\O)c3cc(OC)ccc3OC)C2c2ccc(C)o2)c1. The van der Waals surface area contributed by atoms with E-state index in [2.05, 4.69) is 0 Å². The highest BCUT2D eigenvalue weighted by Gasteiger charge is 2.48. The van der Waals surface area contributed by atoms with Gasteiger partial charge < -0.3 is 23.7 Å². The Kier molecular flexibility index (Phi) is 6.32. The van der Waals surface area contributed by atoms with Crippen molar-refractivity contribution in [2.45, 2.75) is 19.9 Å². The zero-order valence-electron chi connectivity index (χ0n) is 19.3. The number of ether oxygens (including phenoxy) is 3. The molecule has 1 aliphatic heterocycles. The number of aliphatic hydroxyl groups excluding tert-OH is 1. The molecular weight excluding hydrogens is 438 g/mol. The van der Waals surface area contributed by atoms with Crippen LogP contribution in [0.15, 0.2) is 64.6 Å². The van der Waals surface area contributed by atoms with Crippen LogP contribution >= 0.6 is 0 Å². The van der Waals surface area contributed by atoms with Gasteiger partial charge in [-0.15, -0.1) is 0 Å². The van der Waals surface area contributed by atoms with E-state index in [0.717, 1.165) is 0 Å². The molecule has 8 nitrogen and oxygen atoms in total. The molecule has 34 heavy (non-hydrogen) atoms. The number of aliphatic hydroxyl groups is 1. The predicted molar refractivity (Wildman–Crippen MR) is 125 cm³/mol. The first kappa shape index (κ1) is 23.0. The maximum Gasteiger partial charge on any atom is 0.300 e. The van der Waals surface area contributed by atoms with Crippen molar-refractivity contribution in [3.63, 3.8) is 0 Å². The van der Waals surface area contributed by atoms with Crippen LogP contribution < -0.4 is 19.1 Å². The molecule has 0 saturated carbocycles. The summed E-state index contributed by atoms with van der Waals surface area (Å²) in [6.45, 7) is 4.06. The second-order valence-corrected chi connectivity index (χ2v) is 7.61. The molecule has 2 aromatic carbocycles. The molecule has 3 aromatic rings. The lowest BCUT2D eigenvalue weighted by Crippen LogP contribution is -2.29. The fourth-order valence-corrected chi connectivity index (χ4v) is 4.00. The molecular formula is C26H25NO7. The zero-order valence-corrected chi connectivity index (χ0v) is 19.3. The van der Waals surface area contributed by atoms with Gasteiger partial charge in [0.15, 0.2) is 0 Å². The van der Waals surface area contributed by atoms with Crippen molar-refractivity contribution >= 4 is 23.1 Å². The number of hydrogen-bond donors (Lipinski definition) is 1. The topological polar surface area (TPSA) is 98.4 Å². The van der Waals surface area contributed by atoms with Gasteiger partial charge in [-0.2, -0.15) is 0 Å². The number of ketones is 1. The summed E-state index contributed by atoms with van der Waals surface area (Å²) in [5.74, 6) is 0.217. The maximum absolute atomic E-state index is 13.3. The molecule has 1 atom stereocenters. The Morgan fingerprint density at radius 3 is 2.47 bits per heavy atom. The maximum atomic E-state index is 13.3. The number of benzene rings is 2. The molecule has 2 heterocycles. The monoisotopic (exact) mass is 463 g/mol. The van der Waals surface area contributed by atoms with Crippen molar-refractivity contribution in [2.24, 2.45) is 0 Å². The summed E-state index contributed by atoms with van der Waals surface area (Å²) >= 11 is 0. The minimum atomic E-state index is -0.999. The first-order valence-corrected chi connectivity index (χ1v) is 10.7. The first-order valence-electron chi connectivity index (χ1n) is 10.7. The minimum absolute atomic E-state index is 0.118. The standard InChI is InChI=1S/C26H25NO7/c1-5-33-18-8-6-7-16(13-18)27-23(21-11-9-15(2)34-21)22(25(29)26(27)30)24(28)19-14-17(31-3)10-12-20(19)32-4/h6-14,23,28H,5H2,1-4H3/b24-22-. The molecule has 1 N–H and O–H groups in total. The number of methoxy groups -OCH3 is 2. The second-order valence-electron chi connectivity index (χ2n) is 7.61. The molecule has 1 amide bonds. The van der Waals surface area contributed by atoms with Gasteiger partial charge in [0.2, 0.25) is 0 Å². The average molecular weight is 463 g/mol. The van der Waals surface area contributed by atoms with E-state index in [4.69, 9.17) is 18.6 Å². The van der Waals surface area contributed by atoms with Crippen molar-refractivity contribution < 1.29 is 33.3 Å². The quantitative estimate of drug-likeness (QED) is 0.310. The number of furan rings is 1. The summed E-state index contributed by atoms with van der Waals surface area (Å²) < 4.78 is 22.1. The van der Waals surface area contributed by atoms with E-state index in [0.29, 0.717) is 41.1 Å². The number of hydrogen-bond acceptors (Lipinski definition) is 7. The summed E-state index contributed by atoms with van der Waals surface area (Å²) in [6, 6.07) is 14.1. The number of carbonyl (C=O) groups is 2. The van der Waals surface area contributed by atoms with E-state index in [1.807, 2.05) is 6.92 Å². The lowest BCUT2D eigenvalue weighted by molar-refractivity contribution is -0.132. The summed E-state index contributed by atoms with van der Waals surface area (Å²) in [5, 5.41) is 11.4. The smallest absolute Gasteiger partial charge is 0.300 e. The molecule has 1 aliphatic rings. The normalized spacial score (nSPS) is 17.2. The molecule has 1 aromatic heterocycles. The minimum Gasteiger partial charge on any atom is -0.507 e. The van der Waals surface area contributed by atoms with Gasteiger partial charge in [-0.25, -0.2) is 0 Å². The van der Waals surface area contributed by atoms with Crippen molar-refractivity contribution in [3.8, 4) is 17.2 Å². The van der Waals surface area contributed by atoms with E-state index < -0.39 is 23.5 Å². The number of carbonyl (C=O) groups excluding carboxylic acids is 2. The van der Waals surface area contributed by atoms with Crippen molar-refractivity contribution in [1.29, 1.82) is 0 Å². The van der Waals surface area contributed by atoms with Gasteiger partial charge >= 0.3 is 0 Å². The lowest BCUT2D eigenvalue weighted by Gasteiger charge is -2.24. The molecule has 0 aliphatic carbocycles. The van der Waals surface area contributed by atoms with Gasteiger partial charge in [0.25, 0.3) is 11.7 Å². The lowest BCUT2D eigenvalue weighted by atomic mass is 9.98. The highest BCUT2D eigenvalue weighted by atomic mass is 16.5. The Bertz CT molecular complexity index is 1270. The van der Waals surface area contributed by atoms with Crippen LogP contribution in [0.5, 0.6) is 17.2 Å². The highest BCUT2D eigenvalue weighted by molar-refractivity contribution is 6.51. The third-order valence-electron chi connectivity index (χ3n) is 5.54. The molecule has 1 fully saturated rings. The van der Waals surface area contributed by atoms with Gasteiger partial charge in [-0.3, -0.25) is 14.5 Å². The largest absolute Gasteiger partial charge is 0.507 e. The van der Waals surface area contributed by atoms with Crippen LogP contribution in [-0.4, -0.2) is 37.6 Å². The van der Waals surface area contributed by atoms with E-state index in [-0.39, 0.29) is 11.1 Å². The Labute approximate surface area is 197 Å². The molecule has 4 rings (SSSR count). The molecule has 1 saturated heterocycles. The van der Waals surface area contributed by atoms with E-state index in [1.54, 1.807) is 61.5 Å². The summed E-state index contributed by atoms with van der Waals surface area (Å²) in [4.78, 5) is 27.9. The molecule has 1 unspecified atom stereocenters. The van der Waals surface area contributed by atoms with E-state index in [1.165, 1.54) is 19.1 Å². The van der Waals surface area contributed by atoms with Crippen LogP contribution in [0.25, 0.3) is 5.76 Å². The Balaban J connectivity index is 1.95. The number of nitrogens with zero attached hydrogens (tertiary/aromatic N) is 1. The number of amides is 1. The summed E-state index contributed by atoms with van der Waals surface area (Å²) in [7, 11) is 2.94. The molecule has 176 valence electrons. The highest BCUT2D eigenvalue weighted by Crippen LogP contribution is 2.44. The average Bonchev–Trinajstić information content (AvgIpc) is 3.39. The van der Waals surface area contributed by atoms with Crippen LogP contribution in [0.2, 0.25) is 0 Å². The second kappa shape index (κ2) is 9.35. The van der Waals surface area contributed by atoms with Crippen LogP contribution in [0.1, 0.15) is 30.0 Å². The molecule has 0 bridgehead atoms. The van der Waals surface area contributed by atoms with Crippen LogP contribution in [0.4, 0.5) is 5.69 Å². The van der Waals surface area contributed by atoms with Crippen molar-refractivity contribution in [3.05, 3.63) is 77.3 Å². The van der Waals surface area contributed by atoms with Gasteiger partial charge in [-0.1, -0.05) is 6.07 Å². The zero-order chi connectivity index (χ0) is 24.4. The van der Waals surface area contributed by atoms with Crippen molar-refractivity contribution in [2.75, 3.05) is 25.7 Å². The third kappa shape index (κ3) is 3.98. The molecule has 8 heteroatoms. The van der Waals surface area contributed by atoms with Crippen LogP contribution in [0, 0.1) is 6.92 Å². The van der Waals surface area contributed by atoms with Gasteiger partial charge in [0, 0.05) is 11.8 Å². The predicted octanol–water partition coefficient (Wildman–Crippen LogP) is 4.63. The van der Waals surface area contributed by atoms with Gasteiger partial charge in [0.05, 0.1) is 32.0 Å². The molecule has 0 spiro atoms. The third-order valence-corrected chi connectivity index (χ3v) is 5.54. The number of anilines is 1. The first-order chi connectivity index (χ1) is 16.4. The number of aryl methyl sites for hydroxylation is 1. The van der Waals surface area contributed by atoms with Gasteiger partial charge in [0.1, 0.15) is 40.6 Å². The summed E-state index contributed by atoms with van der Waals surface area (Å²) in [6.07, 6.45) is 0. The van der Waals surface area contributed by atoms with Crippen molar-refractivity contribution in [1.82, 2.24) is 0 Å². The summed E-state index contributed by atoms with van der Waals surface area (Å²) in [5.41, 5.74) is 0.535. The van der Waals surface area contributed by atoms with E-state index in [9.17, 15) is 14.7 Å². The molecule has 0 radical (unpaired) electrons. The number of rotatable bonds is 7. The van der Waals surface area contributed by atoms with E-state index >= 15 is 0 Å².